The van der Waals surface area contributed by atoms with Crippen LogP contribution in [0.2, 0.25) is 0 Å². The van der Waals surface area contributed by atoms with Crippen molar-refractivity contribution in [2.45, 2.75) is 12.6 Å². The Morgan fingerprint density at radius 2 is 1.86 bits per heavy atom. The molecule has 3 aromatic rings. The van der Waals surface area contributed by atoms with Gasteiger partial charge in [-0.2, -0.15) is 5.26 Å². The fraction of sp³-hybridized carbons (Fsp3) is 0.238. The van der Waals surface area contributed by atoms with E-state index in [2.05, 4.69) is 5.32 Å². The van der Waals surface area contributed by atoms with Gasteiger partial charge in [-0.1, -0.05) is 30.3 Å². The topological polar surface area (TPSA) is 112 Å². The summed E-state index contributed by atoms with van der Waals surface area (Å²) in [7, 11) is 0. The van der Waals surface area contributed by atoms with E-state index < -0.39 is 6.10 Å². The summed E-state index contributed by atoms with van der Waals surface area (Å²) >= 11 is 0. The Hall–Kier alpha value is -3.54. The molecule has 0 aliphatic rings. The second-order valence-electron chi connectivity index (χ2n) is 6.40. The van der Waals surface area contributed by atoms with Crippen molar-refractivity contribution in [2.24, 2.45) is 0 Å². The molecule has 29 heavy (non-hydrogen) atoms. The fourth-order valence-electron chi connectivity index (χ4n) is 2.84. The van der Waals surface area contributed by atoms with Crippen LogP contribution in [-0.4, -0.2) is 45.1 Å². The Morgan fingerprint density at radius 1 is 1.14 bits per heavy atom. The quantitative estimate of drug-likeness (QED) is 0.471. The minimum atomic E-state index is -0.791. The van der Waals surface area contributed by atoms with Crippen molar-refractivity contribution < 1.29 is 14.9 Å². The van der Waals surface area contributed by atoms with E-state index in [0.29, 0.717) is 23.5 Å². The molecule has 3 N–H and O–H groups in total. The number of hydrogen-bond acceptors (Lipinski definition) is 6. The first-order valence-electron chi connectivity index (χ1n) is 9.17. The van der Waals surface area contributed by atoms with Crippen LogP contribution >= 0.6 is 0 Å². The number of nitrogens with one attached hydrogen (secondary N) is 1. The molecule has 150 valence electrons. The third-order valence-electron chi connectivity index (χ3n) is 4.32. The number of benzene rings is 2. The molecule has 3 rings (SSSR count). The summed E-state index contributed by atoms with van der Waals surface area (Å²) < 4.78 is 8.12. The lowest BCUT2D eigenvalue weighted by atomic mass is 10.2. The number of rotatable bonds is 9. The molecule has 8 nitrogen and oxygen atoms in total. The van der Waals surface area contributed by atoms with E-state index in [1.54, 1.807) is 36.4 Å². The van der Waals surface area contributed by atoms with E-state index in [0.717, 1.165) is 0 Å². The zero-order valence-electron chi connectivity index (χ0n) is 15.7. The second-order valence-corrected chi connectivity index (χ2v) is 6.40. The molecule has 0 bridgehead atoms. The molecule has 0 radical (unpaired) electrons. The minimum absolute atomic E-state index is 0.0290. The predicted octanol–water partition coefficient (Wildman–Crippen LogP) is 1.25. The molecule has 0 aliphatic carbocycles. The fourth-order valence-corrected chi connectivity index (χ4v) is 2.84. The number of imidazole rings is 1. The van der Waals surface area contributed by atoms with Crippen LogP contribution in [0.3, 0.4) is 0 Å². The molecule has 1 aromatic heterocycles. The van der Waals surface area contributed by atoms with Crippen LogP contribution in [0.25, 0.3) is 5.69 Å². The number of nitriles is 1. The Bertz CT molecular complexity index is 1040. The first-order chi connectivity index (χ1) is 14.1. The molecule has 1 heterocycles. The van der Waals surface area contributed by atoms with Gasteiger partial charge in [-0.05, 0) is 24.3 Å². The molecule has 0 aliphatic heterocycles. The lowest BCUT2D eigenvalue weighted by molar-refractivity contribution is 0.106. The third-order valence-corrected chi connectivity index (χ3v) is 4.32. The largest absolute Gasteiger partial charge is 0.493 e. The third kappa shape index (κ3) is 5.04. The van der Waals surface area contributed by atoms with Gasteiger partial charge in [0.05, 0.1) is 17.4 Å². The number of aromatic hydroxyl groups is 1. The van der Waals surface area contributed by atoms with Crippen molar-refractivity contribution in [3.8, 4) is 23.4 Å². The molecule has 2 aromatic carbocycles. The van der Waals surface area contributed by atoms with Crippen LogP contribution in [0, 0.1) is 11.3 Å². The van der Waals surface area contributed by atoms with Gasteiger partial charge < -0.3 is 20.3 Å². The predicted molar refractivity (Wildman–Crippen MR) is 107 cm³/mol. The van der Waals surface area contributed by atoms with E-state index in [1.165, 1.54) is 15.3 Å². The van der Waals surface area contributed by atoms with E-state index in [9.17, 15) is 15.0 Å². The maximum atomic E-state index is 12.5. The number of hydrogen-bond donors (Lipinski definition) is 3. The van der Waals surface area contributed by atoms with Crippen LogP contribution in [0.5, 0.6) is 11.6 Å². The van der Waals surface area contributed by atoms with E-state index in [1.807, 2.05) is 24.3 Å². The summed E-state index contributed by atoms with van der Waals surface area (Å²) in [5, 5.41) is 32.2. The zero-order chi connectivity index (χ0) is 20.6. The average molecular weight is 394 g/mol. The molecule has 0 saturated carbocycles. The number of nitrogens with zero attached hydrogens (tertiary/aromatic N) is 3. The van der Waals surface area contributed by atoms with Crippen molar-refractivity contribution in [1.29, 1.82) is 5.26 Å². The SMILES string of the molecule is N#Cc1ccccc1OCC(O)CNCCn1c(O)cn(-c2ccccc2)c1=O. The second kappa shape index (κ2) is 9.59. The molecule has 0 spiro atoms. The average Bonchev–Trinajstić information content (AvgIpc) is 3.04. The minimum Gasteiger partial charge on any atom is -0.493 e. The van der Waals surface area contributed by atoms with Crippen molar-refractivity contribution in [2.75, 3.05) is 19.7 Å². The molecule has 0 saturated heterocycles. The molecule has 8 heteroatoms. The van der Waals surface area contributed by atoms with Gasteiger partial charge in [0.25, 0.3) is 0 Å². The summed E-state index contributed by atoms with van der Waals surface area (Å²) in [6, 6.07) is 17.9. The van der Waals surface area contributed by atoms with Gasteiger partial charge in [-0.25, -0.2) is 4.79 Å². The zero-order valence-corrected chi connectivity index (χ0v) is 15.7. The molecule has 0 fully saturated rings. The molecular formula is C21H22N4O4. The highest BCUT2D eigenvalue weighted by molar-refractivity contribution is 5.42. The van der Waals surface area contributed by atoms with Crippen LogP contribution in [0.4, 0.5) is 0 Å². The summed E-state index contributed by atoms with van der Waals surface area (Å²) in [4.78, 5) is 12.5. The summed E-state index contributed by atoms with van der Waals surface area (Å²) in [6.45, 7) is 0.887. The molecule has 1 unspecified atom stereocenters. The van der Waals surface area contributed by atoms with Crippen molar-refractivity contribution in [3.05, 3.63) is 76.8 Å². The van der Waals surface area contributed by atoms with E-state index in [-0.39, 0.29) is 31.3 Å². The van der Waals surface area contributed by atoms with Gasteiger partial charge in [0.15, 0.2) is 0 Å². The lowest BCUT2D eigenvalue weighted by Gasteiger charge is -2.14. The highest BCUT2D eigenvalue weighted by atomic mass is 16.5. The number of aliphatic hydroxyl groups excluding tert-OH is 1. The number of aromatic nitrogens is 2. The first-order valence-corrected chi connectivity index (χ1v) is 9.17. The van der Waals surface area contributed by atoms with E-state index >= 15 is 0 Å². The summed E-state index contributed by atoms with van der Waals surface area (Å²) in [6.07, 6.45) is 0.591. The van der Waals surface area contributed by atoms with Gasteiger partial charge in [-0.15, -0.1) is 0 Å². The number of ether oxygens (including phenoxy) is 1. The lowest BCUT2D eigenvalue weighted by Crippen LogP contribution is -2.34. The monoisotopic (exact) mass is 394 g/mol. The van der Waals surface area contributed by atoms with Crippen LogP contribution < -0.4 is 15.7 Å². The highest BCUT2D eigenvalue weighted by Crippen LogP contribution is 2.16. The maximum absolute atomic E-state index is 12.5. The van der Waals surface area contributed by atoms with Gasteiger partial charge >= 0.3 is 5.69 Å². The summed E-state index contributed by atoms with van der Waals surface area (Å²) in [5.41, 5.74) is 0.739. The molecule has 1 atom stereocenters. The Labute approximate surface area is 167 Å². The van der Waals surface area contributed by atoms with Crippen LogP contribution in [-0.2, 0) is 6.54 Å². The van der Waals surface area contributed by atoms with Gasteiger partial charge in [-0.3, -0.25) is 9.13 Å². The Kier molecular flexibility index (Phi) is 6.68. The Balaban J connectivity index is 1.48. The first kappa shape index (κ1) is 20.2. The molecular weight excluding hydrogens is 372 g/mol. The van der Waals surface area contributed by atoms with Crippen LogP contribution in [0.1, 0.15) is 5.56 Å². The smallest absolute Gasteiger partial charge is 0.335 e. The Morgan fingerprint density at radius 3 is 2.62 bits per heavy atom. The number of aliphatic hydroxyl groups is 1. The summed E-state index contributed by atoms with van der Waals surface area (Å²) in [5.74, 6) is 0.297. The van der Waals surface area contributed by atoms with Gasteiger partial charge in [0.2, 0.25) is 5.88 Å². The van der Waals surface area contributed by atoms with Crippen molar-refractivity contribution in [3.63, 3.8) is 0 Å². The van der Waals surface area contributed by atoms with Crippen molar-refractivity contribution in [1.82, 2.24) is 14.5 Å². The standard InChI is InChI=1S/C21H22N4O4/c22-12-16-6-4-5-9-19(16)29-15-18(26)13-23-10-11-24-20(27)14-25(21(24)28)17-7-2-1-3-8-17/h1-9,14,18,23,26-27H,10-11,13,15H2. The number of para-hydroxylation sites is 2. The van der Waals surface area contributed by atoms with Crippen LogP contribution in [0.15, 0.2) is 65.6 Å². The van der Waals surface area contributed by atoms with E-state index in [4.69, 9.17) is 10.00 Å². The normalized spacial score (nSPS) is 11.7. The maximum Gasteiger partial charge on any atom is 0.335 e. The van der Waals surface area contributed by atoms with Gasteiger partial charge in [0.1, 0.15) is 24.5 Å². The molecule has 0 amide bonds. The van der Waals surface area contributed by atoms with Crippen molar-refractivity contribution >= 4 is 0 Å². The highest BCUT2D eigenvalue weighted by Gasteiger charge is 2.12. The van der Waals surface area contributed by atoms with Gasteiger partial charge in [0, 0.05) is 19.6 Å².